The highest BCUT2D eigenvalue weighted by atomic mass is 16.5. The van der Waals surface area contributed by atoms with Crippen molar-refractivity contribution in [1.82, 2.24) is 15.3 Å². The number of hydrogen-bond donors (Lipinski definition) is 1. The number of nitrogens with zero attached hydrogens (tertiary/aromatic N) is 2. The van der Waals surface area contributed by atoms with Gasteiger partial charge in [0.1, 0.15) is 5.82 Å². The summed E-state index contributed by atoms with van der Waals surface area (Å²) in [5.74, 6) is 1.87. The van der Waals surface area contributed by atoms with Crippen LogP contribution in [0.4, 0.5) is 0 Å². The highest BCUT2D eigenvalue weighted by Gasteiger charge is 2.25. The summed E-state index contributed by atoms with van der Waals surface area (Å²) in [5.41, 5.74) is 3.84. The van der Waals surface area contributed by atoms with Crippen molar-refractivity contribution in [3.63, 3.8) is 0 Å². The van der Waals surface area contributed by atoms with Crippen LogP contribution in [0.2, 0.25) is 0 Å². The van der Waals surface area contributed by atoms with E-state index in [2.05, 4.69) is 19.2 Å². The normalized spacial score (nSPS) is 23.4. The standard InChI is InChI=1S/C14H21N3O/c1-9(2)13-11-3-5-15-7-12(11)16-14(17-13)10-4-6-18-8-10/h9-10,15H,3-8H2,1-2H3. The zero-order valence-corrected chi connectivity index (χ0v) is 11.2. The summed E-state index contributed by atoms with van der Waals surface area (Å²) >= 11 is 0. The van der Waals surface area contributed by atoms with E-state index in [9.17, 15) is 0 Å². The number of hydrogen-bond acceptors (Lipinski definition) is 4. The summed E-state index contributed by atoms with van der Waals surface area (Å²) in [6.07, 6.45) is 2.12. The Hall–Kier alpha value is -1.00. The first-order valence-corrected chi connectivity index (χ1v) is 6.93. The molecule has 3 heterocycles. The molecule has 0 radical (unpaired) electrons. The molecular formula is C14H21N3O. The van der Waals surface area contributed by atoms with Gasteiger partial charge in [0.2, 0.25) is 0 Å². The lowest BCUT2D eigenvalue weighted by molar-refractivity contribution is 0.193. The Morgan fingerprint density at radius 3 is 2.94 bits per heavy atom. The number of rotatable bonds is 2. The van der Waals surface area contributed by atoms with Crippen LogP contribution < -0.4 is 5.32 Å². The lowest BCUT2D eigenvalue weighted by Gasteiger charge is -2.22. The molecule has 4 nitrogen and oxygen atoms in total. The minimum atomic E-state index is 0.398. The van der Waals surface area contributed by atoms with E-state index in [4.69, 9.17) is 14.7 Å². The smallest absolute Gasteiger partial charge is 0.134 e. The minimum Gasteiger partial charge on any atom is -0.381 e. The summed E-state index contributed by atoms with van der Waals surface area (Å²) in [6.45, 7) is 8.00. The van der Waals surface area contributed by atoms with Crippen LogP contribution in [0.3, 0.4) is 0 Å². The molecule has 0 aliphatic carbocycles. The Kier molecular flexibility index (Phi) is 3.31. The predicted octanol–water partition coefficient (Wildman–Crippen LogP) is 1.75. The van der Waals surface area contributed by atoms with Gasteiger partial charge in [-0.2, -0.15) is 0 Å². The van der Waals surface area contributed by atoms with Crippen molar-refractivity contribution in [2.75, 3.05) is 19.8 Å². The van der Waals surface area contributed by atoms with Gasteiger partial charge in [-0.05, 0) is 30.9 Å². The fourth-order valence-electron chi connectivity index (χ4n) is 2.81. The maximum atomic E-state index is 5.46. The summed E-state index contributed by atoms with van der Waals surface area (Å²) in [4.78, 5) is 9.63. The Morgan fingerprint density at radius 1 is 1.33 bits per heavy atom. The second-order valence-electron chi connectivity index (χ2n) is 5.53. The molecule has 1 saturated heterocycles. The third kappa shape index (κ3) is 2.15. The summed E-state index contributed by atoms with van der Waals surface area (Å²) in [7, 11) is 0. The van der Waals surface area contributed by atoms with Crippen molar-refractivity contribution < 1.29 is 4.74 Å². The maximum Gasteiger partial charge on any atom is 0.134 e. The van der Waals surface area contributed by atoms with E-state index >= 15 is 0 Å². The highest BCUT2D eigenvalue weighted by molar-refractivity contribution is 5.31. The lowest BCUT2D eigenvalue weighted by atomic mass is 9.96. The van der Waals surface area contributed by atoms with Crippen LogP contribution >= 0.6 is 0 Å². The Labute approximate surface area is 108 Å². The molecule has 1 aromatic rings. The second-order valence-corrected chi connectivity index (χ2v) is 5.53. The molecule has 0 amide bonds. The van der Waals surface area contributed by atoms with Gasteiger partial charge >= 0.3 is 0 Å². The van der Waals surface area contributed by atoms with Crippen molar-refractivity contribution in [3.05, 3.63) is 22.8 Å². The van der Waals surface area contributed by atoms with E-state index in [0.29, 0.717) is 11.8 Å². The van der Waals surface area contributed by atoms with Crippen LogP contribution in [-0.4, -0.2) is 29.7 Å². The highest BCUT2D eigenvalue weighted by Crippen LogP contribution is 2.28. The van der Waals surface area contributed by atoms with Gasteiger partial charge in [0, 0.05) is 19.1 Å². The molecule has 3 rings (SSSR count). The molecular weight excluding hydrogens is 226 g/mol. The quantitative estimate of drug-likeness (QED) is 0.865. The Morgan fingerprint density at radius 2 is 2.22 bits per heavy atom. The summed E-state index contributed by atoms with van der Waals surface area (Å²) in [5, 5.41) is 3.40. The van der Waals surface area contributed by atoms with E-state index in [1.165, 1.54) is 17.0 Å². The molecule has 1 N–H and O–H groups in total. The summed E-state index contributed by atoms with van der Waals surface area (Å²) < 4.78 is 5.46. The van der Waals surface area contributed by atoms with Crippen LogP contribution in [0.15, 0.2) is 0 Å². The third-order valence-electron chi connectivity index (χ3n) is 3.83. The van der Waals surface area contributed by atoms with Gasteiger partial charge in [0.15, 0.2) is 0 Å². The monoisotopic (exact) mass is 247 g/mol. The largest absolute Gasteiger partial charge is 0.381 e. The molecule has 1 unspecified atom stereocenters. The topological polar surface area (TPSA) is 47.0 Å². The molecule has 4 heteroatoms. The molecule has 98 valence electrons. The molecule has 1 atom stereocenters. The second kappa shape index (κ2) is 4.94. The fourth-order valence-corrected chi connectivity index (χ4v) is 2.81. The van der Waals surface area contributed by atoms with Gasteiger partial charge in [-0.1, -0.05) is 13.8 Å². The van der Waals surface area contributed by atoms with Gasteiger partial charge in [0.05, 0.1) is 18.0 Å². The van der Waals surface area contributed by atoms with E-state index < -0.39 is 0 Å². The first kappa shape index (κ1) is 12.1. The van der Waals surface area contributed by atoms with Crippen molar-refractivity contribution in [2.45, 2.75) is 45.1 Å². The van der Waals surface area contributed by atoms with E-state index in [1.807, 2.05) is 0 Å². The molecule has 0 aromatic carbocycles. The Balaban J connectivity index is 2.03. The van der Waals surface area contributed by atoms with Crippen LogP contribution in [0, 0.1) is 0 Å². The average molecular weight is 247 g/mol. The zero-order chi connectivity index (χ0) is 12.5. The average Bonchev–Trinajstić information content (AvgIpc) is 2.91. The van der Waals surface area contributed by atoms with Crippen molar-refractivity contribution in [3.8, 4) is 0 Å². The van der Waals surface area contributed by atoms with Crippen molar-refractivity contribution in [2.24, 2.45) is 0 Å². The summed E-state index contributed by atoms with van der Waals surface area (Å²) in [6, 6.07) is 0. The van der Waals surface area contributed by atoms with Crippen LogP contribution in [-0.2, 0) is 17.7 Å². The molecule has 2 aliphatic rings. The fraction of sp³-hybridized carbons (Fsp3) is 0.714. The first-order chi connectivity index (χ1) is 8.75. The molecule has 0 spiro atoms. The van der Waals surface area contributed by atoms with E-state index in [-0.39, 0.29) is 0 Å². The number of aromatic nitrogens is 2. The van der Waals surface area contributed by atoms with Crippen LogP contribution in [0.1, 0.15) is 54.9 Å². The minimum absolute atomic E-state index is 0.398. The third-order valence-corrected chi connectivity index (χ3v) is 3.83. The lowest BCUT2D eigenvalue weighted by Crippen LogP contribution is -2.28. The number of nitrogens with one attached hydrogen (secondary N) is 1. The number of fused-ring (bicyclic) bond motifs is 1. The molecule has 0 bridgehead atoms. The maximum absolute atomic E-state index is 5.46. The first-order valence-electron chi connectivity index (χ1n) is 6.93. The van der Waals surface area contributed by atoms with Crippen molar-refractivity contribution in [1.29, 1.82) is 0 Å². The molecule has 1 fully saturated rings. The Bertz CT molecular complexity index is 439. The predicted molar refractivity (Wildman–Crippen MR) is 69.7 cm³/mol. The zero-order valence-electron chi connectivity index (χ0n) is 11.2. The molecule has 0 saturated carbocycles. The molecule has 2 aliphatic heterocycles. The van der Waals surface area contributed by atoms with Gasteiger partial charge in [-0.3, -0.25) is 0 Å². The van der Waals surface area contributed by atoms with Gasteiger partial charge < -0.3 is 10.1 Å². The number of ether oxygens (including phenoxy) is 1. The van der Waals surface area contributed by atoms with Gasteiger partial charge in [-0.15, -0.1) is 0 Å². The van der Waals surface area contributed by atoms with Gasteiger partial charge in [-0.25, -0.2) is 9.97 Å². The molecule has 1 aromatic heterocycles. The van der Waals surface area contributed by atoms with E-state index in [1.54, 1.807) is 0 Å². The van der Waals surface area contributed by atoms with Crippen LogP contribution in [0.25, 0.3) is 0 Å². The van der Waals surface area contributed by atoms with Gasteiger partial charge in [0.25, 0.3) is 0 Å². The molecule has 18 heavy (non-hydrogen) atoms. The SMILES string of the molecule is CC(C)c1nc(C2CCOC2)nc2c1CCNC2. The van der Waals surface area contributed by atoms with Crippen LogP contribution in [0.5, 0.6) is 0 Å². The van der Waals surface area contributed by atoms with Crippen molar-refractivity contribution >= 4 is 0 Å². The van der Waals surface area contributed by atoms with E-state index in [0.717, 1.165) is 45.0 Å².